The second-order valence-corrected chi connectivity index (χ2v) is 5.43. The molecule has 98 valence electrons. The van der Waals surface area contributed by atoms with E-state index in [1.165, 1.54) is 5.57 Å². The standard InChI is InChI=1S/C15H26O2/c1-5-12(10-16)6-7-13-8-9-14(11-17-4)15(13,2)3/h6,9,13,16H,5,7-8,10-11H2,1-4H3/b12-6+. The third-order valence-electron chi connectivity index (χ3n) is 4.15. The van der Waals surface area contributed by atoms with Crippen molar-refractivity contribution in [1.29, 1.82) is 0 Å². The minimum Gasteiger partial charge on any atom is -0.392 e. The molecule has 0 heterocycles. The SMILES string of the molecule is CC/C(=C\CC1CC=C(COC)C1(C)C)CO. The predicted molar refractivity (Wildman–Crippen MR) is 71.9 cm³/mol. The van der Waals surface area contributed by atoms with Crippen LogP contribution in [0.5, 0.6) is 0 Å². The van der Waals surface area contributed by atoms with Gasteiger partial charge in [-0.3, -0.25) is 0 Å². The Kier molecular flexibility index (Phi) is 5.41. The maximum Gasteiger partial charge on any atom is 0.0678 e. The molecular weight excluding hydrogens is 212 g/mol. The normalized spacial score (nSPS) is 23.9. The quantitative estimate of drug-likeness (QED) is 0.719. The first-order chi connectivity index (χ1) is 8.06. The molecule has 17 heavy (non-hydrogen) atoms. The van der Waals surface area contributed by atoms with E-state index in [9.17, 15) is 0 Å². The number of aliphatic hydroxyl groups is 1. The van der Waals surface area contributed by atoms with E-state index >= 15 is 0 Å². The molecule has 1 rings (SSSR count). The minimum absolute atomic E-state index is 0.196. The molecule has 1 unspecified atom stereocenters. The van der Waals surface area contributed by atoms with Gasteiger partial charge in [0.05, 0.1) is 13.2 Å². The largest absolute Gasteiger partial charge is 0.392 e. The van der Waals surface area contributed by atoms with E-state index < -0.39 is 0 Å². The van der Waals surface area contributed by atoms with Gasteiger partial charge in [-0.05, 0) is 41.7 Å². The number of hydrogen-bond donors (Lipinski definition) is 1. The van der Waals surface area contributed by atoms with Crippen LogP contribution < -0.4 is 0 Å². The van der Waals surface area contributed by atoms with Gasteiger partial charge in [0.15, 0.2) is 0 Å². The Morgan fingerprint density at radius 2 is 2.29 bits per heavy atom. The molecule has 0 fully saturated rings. The molecule has 0 spiro atoms. The molecule has 0 aromatic heterocycles. The van der Waals surface area contributed by atoms with Crippen LogP contribution in [0.4, 0.5) is 0 Å². The molecule has 1 aliphatic carbocycles. The first kappa shape index (κ1) is 14.5. The molecule has 0 bridgehead atoms. The number of ether oxygens (including phenoxy) is 1. The van der Waals surface area contributed by atoms with Gasteiger partial charge in [-0.2, -0.15) is 0 Å². The second-order valence-electron chi connectivity index (χ2n) is 5.43. The highest BCUT2D eigenvalue weighted by Crippen LogP contribution is 2.45. The summed E-state index contributed by atoms with van der Waals surface area (Å²) in [5.74, 6) is 0.640. The highest BCUT2D eigenvalue weighted by atomic mass is 16.5. The molecule has 0 saturated heterocycles. The summed E-state index contributed by atoms with van der Waals surface area (Å²) in [7, 11) is 1.76. The first-order valence-electron chi connectivity index (χ1n) is 6.53. The van der Waals surface area contributed by atoms with Crippen LogP contribution in [0.25, 0.3) is 0 Å². The van der Waals surface area contributed by atoms with Crippen molar-refractivity contribution in [2.24, 2.45) is 11.3 Å². The highest BCUT2D eigenvalue weighted by Gasteiger charge is 2.36. The van der Waals surface area contributed by atoms with E-state index in [4.69, 9.17) is 9.84 Å². The monoisotopic (exact) mass is 238 g/mol. The van der Waals surface area contributed by atoms with Gasteiger partial charge in [-0.15, -0.1) is 0 Å². The molecule has 0 aromatic carbocycles. The zero-order valence-electron chi connectivity index (χ0n) is 11.6. The van der Waals surface area contributed by atoms with E-state index in [-0.39, 0.29) is 12.0 Å². The van der Waals surface area contributed by atoms with Crippen molar-refractivity contribution in [3.05, 3.63) is 23.3 Å². The van der Waals surface area contributed by atoms with Gasteiger partial charge in [0.25, 0.3) is 0 Å². The summed E-state index contributed by atoms with van der Waals surface area (Å²) in [5, 5.41) is 9.16. The van der Waals surface area contributed by atoms with Crippen LogP contribution in [0.3, 0.4) is 0 Å². The Balaban J connectivity index is 2.62. The lowest BCUT2D eigenvalue weighted by Crippen LogP contribution is -2.23. The summed E-state index contributed by atoms with van der Waals surface area (Å²) in [6.07, 6.45) is 7.68. The van der Waals surface area contributed by atoms with Crippen molar-refractivity contribution >= 4 is 0 Å². The zero-order valence-corrected chi connectivity index (χ0v) is 11.6. The molecule has 2 nitrogen and oxygen atoms in total. The van der Waals surface area contributed by atoms with E-state index in [0.717, 1.165) is 31.4 Å². The van der Waals surface area contributed by atoms with E-state index in [2.05, 4.69) is 32.9 Å². The summed E-state index contributed by atoms with van der Waals surface area (Å²) in [5.41, 5.74) is 2.79. The van der Waals surface area contributed by atoms with E-state index in [1.54, 1.807) is 7.11 Å². The summed E-state index contributed by atoms with van der Waals surface area (Å²) < 4.78 is 5.25. The van der Waals surface area contributed by atoms with E-state index in [1.807, 2.05) is 0 Å². The van der Waals surface area contributed by atoms with Gasteiger partial charge in [-0.1, -0.05) is 32.9 Å². The van der Waals surface area contributed by atoms with Gasteiger partial charge >= 0.3 is 0 Å². The molecule has 1 aliphatic rings. The molecular formula is C15H26O2. The topological polar surface area (TPSA) is 29.5 Å². The predicted octanol–water partition coefficient (Wildman–Crippen LogP) is 3.32. The molecule has 0 amide bonds. The molecule has 1 N–H and O–H groups in total. The Labute approximate surface area is 105 Å². The van der Waals surface area contributed by atoms with Crippen LogP contribution in [0.2, 0.25) is 0 Å². The minimum atomic E-state index is 0.196. The number of aliphatic hydroxyl groups excluding tert-OH is 1. The van der Waals surface area contributed by atoms with Crippen LogP contribution in [-0.4, -0.2) is 25.4 Å². The third-order valence-corrected chi connectivity index (χ3v) is 4.15. The van der Waals surface area contributed by atoms with Gasteiger partial charge in [0.2, 0.25) is 0 Å². The average Bonchev–Trinajstić information content (AvgIpc) is 2.57. The van der Waals surface area contributed by atoms with Crippen LogP contribution in [0, 0.1) is 11.3 Å². The van der Waals surface area contributed by atoms with Gasteiger partial charge in [0, 0.05) is 7.11 Å². The summed E-state index contributed by atoms with van der Waals surface area (Å²) in [4.78, 5) is 0. The molecule has 0 aliphatic heterocycles. The van der Waals surface area contributed by atoms with Crippen LogP contribution >= 0.6 is 0 Å². The number of rotatable bonds is 6. The Bertz CT molecular complexity index is 294. The van der Waals surface area contributed by atoms with Crippen molar-refractivity contribution in [1.82, 2.24) is 0 Å². The number of methoxy groups -OCH3 is 1. The fraction of sp³-hybridized carbons (Fsp3) is 0.733. The summed E-state index contributed by atoms with van der Waals surface area (Å²) >= 11 is 0. The molecule has 0 saturated carbocycles. The fourth-order valence-electron chi connectivity index (χ4n) is 2.53. The maximum atomic E-state index is 9.16. The Morgan fingerprint density at radius 3 is 2.82 bits per heavy atom. The third kappa shape index (κ3) is 3.43. The van der Waals surface area contributed by atoms with Crippen LogP contribution in [0.1, 0.15) is 40.0 Å². The van der Waals surface area contributed by atoms with Gasteiger partial charge in [-0.25, -0.2) is 0 Å². The molecule has 0 radical (unpaired) electrons. The lowest BCUT2D eigenvalue weighted by molar-refractivity contribution is 0.189. The van der Waals surface area contributed by atoms with Crippen molar-refractivity contribution in [2.45, 2.75) is 40.0 Å². The summed E-state index contributed by atoms with van der Waals surface area (Å²) in [6, 6.07) is 0. The van der Waals surface area contributed by atoms with Crippen molar-refractivity contribution < 1.29 is 9.84 Å². The van der Waals surface area contributed by atoms with Gasteiger partial charge < -0.3 is 9.84 Å². The van der Waals surface area contributed by atoms with E-state index in [0.29, 0.717) is 5.92 Å². The fourth-order valence-corrected chi connectivity index (χ4v) is 2.53. The lowest BCUT2D eigenvalue weighted by atomic mass is 9.75. The zero-order chi connectivity index (χ0) is 12.9. The molecule has 2 heteroatoms. The number of hydrogen-bond acceptors (Lipinski definition) is 2. The summed E-state index contributed by atoms with van der Waals surface area (Å²) in [6.45, 7) is 7.63. The van der Waals surface area contributed by atoms with Crippen LogP contribution in [0.15, 0.2) is 23.3 Å². The Hall–Kier alpha value is -0.600. The van der Waals surface area contributed by atoms with Crippen molar-refractivity contribution in [3.63, 3.8) is 0 Å². The lowest BCUT2D eigenvalue weighted by Gasteiger charge is -2.30. The average molecular weight is 238 g/mol. The molecule has 0 aromatic rings. The van der Waals surface area contributed by atoms with Crippen molar-refractivity contribution in [3.8, 4) is 0 Å². The molecule has 1 atom stereocenters. The van der Waals surface area contributed by atoms with Crippen LogP contribution in [-0.2, 0) is 4.74 Å². The second kappa shape index (κ2) is 6.36. The van der Waals surface area contributed by atoms with Gasteiger partial charge in [0.1, 0.15) is 0 Å². The first-order valence-corrected chi connectivity index (χ1v) is 6.53. The maximum absolute atomic E-state index is 9.16. The highest BCUT2D eigenvalue weighted by molar-refractivity contribution is 5.22. The number of allylic oxidation sites excluding steroid dienone is 2. The smallest absolute Gasteiger partial charge is 0.0678 e. The van der Waals surface area contributed by atoms with Crippen molar-refractivity contribution in [2.75, 3.05) is 20.3 Å². The Morgan fingerprint density at radius 1 is 1.59 bits per heavy atom.